The molecule has 0 radical (unpaired) electrons. The summed E-state index contributed by atoms with van der Waals surface area (Å²) < 4.78 is 24.1. The van der Waals surface area contributed by atoms with E-state index in [1.54, 1.807) is 12.1 Å². The summed E-state index contributed by atoms with van der Waals surface area (Å²) in [7, 11) is 0. The van der Waals surface area contributed by atoms with Crippen molar-refractivity contribution in [2.75, 3.05) is 13.1 Å². The highest BCUT2D eigenvalue weighted by molar-refractivity contribution is 7.79. The zero-order valence-corrected chi connectivity index (χ0v) is 16.6. The molecule has 28 heavy (non-hydrogen) atoms. The van der Waals surface area contributed by atoms with Gasteiger partial charge in [0.05, 0.1) is 0 Å². The zero-order valence-electron chi connectivity index (χ0n) is 15.8. The van der Waals surface area contributed by atoms with Crippen LogP contribution in [-0.4, -0.2) is 37.2 Å². The van der Waals surface area contributed by atoms with Gasteiger partial charge in [0.15, 0.2) is 0 Å². The van der Waals surface area contributed by atoms with Crippen LogP contribution in [-0.2, 0) is 15.9 Å². The summed E-state index contributed by atoms with van der Waals surface area (Å²) in [6.45, 7) is 3.41. The quantitative estimate of drug-likeness (QED) is 0.630. The minimum atomic E-state index is -2.19. The lowest BCUT2D eigenvalue weighted by Gasteiger charge is -2.34. The molecule has 2 heterocycles. The van der Waals surface area contributed by atoms with Crippen molar-refractivity contribution in [3.05, 3.63) is 66.4 Å². The molecule has 5 nitrogen and oxygen atoms in total. The lowest BCUT2D eigenvalue weighted by molar-refractivity contribution is -0.135. The molecular formula is C22H23N2O3S-. The number of nitrogens with zero attached hydrogens (tertiary/aromatic N) is 2. The van der Waals surface area contributed by atoms with Gasteiger partial charge in [0, 0.05) is 29.7 Å². The van der Waals surface area contributed by atoms with E-state index in [9.17, 15) is 13.6 Å². The van der Waals surface area contributed by atoms with Crippen LogP contribution in [0.15, 0.2) is 65.7 Å². The summed E-state index contributed by atoms with van der Waals surface area (Å²) in [5, 5.41) is 1.14. The summed E-state index contributed by atoms with van der Waals surface area (Å²) in [6, 6.07) is 17.0. The van der Waals surface area contributed by atoms with Crippen LogP contribution in [0.4, 0.5) is 0 Å². The van der Waals surface area contributed by atoms with E-state index < -0.39 is 11.1 Å². The van der Waals surface area contributed by atoms with Crippen LogP contribution >= 0.6 is 0 Å². The van der Waals surface area contributed by atoms with Gasteiger partial charge < -0.3 is 14.0 Å². The van der Waals surface area contributed by atoms with E-state index in [-0.39, 0.29) is 11.9 Å². The number of hydrogen-bond donors (Lipinski definition) is 0. The first-order valence-corrected chi connectivity index (χ1v) is 10.7. The molecule has 146 valence electrons. The Morgan fingerprint density at radius 2 is 1.75 bits per heavy atom. The third-order valence-electron chi connectivity index (χ3n) is 5.75. The molecule has 1 aromatic heterocycles. The van der Waals surface area contributed by atoms with Gasteiger partial charge in [-0.15, -0.1) is 0 Å². The fraction of sp³-hybridized carbons (Fsp3) is 0.318. The number of amides is 1. The summed E-state index contributed by atoms with van der Waals surface area (Å²) >= 11 is -2.19. The highest BCUT2D eigenvalue weighted by atomic mass is 32.2. The standard InChI is InChI=1S/C22H24N2O3S/c1-16(24-15-12-19-4-2-3-5-21(19)24)22(25)23-13-10-18(11-14-23)17-6-8-20(9-7-17)28(26)27/h2-9,12,15-16,18H,10-11,13-14H2,1H3,(H,26,27)/p-1/t16-/m0/s1. The molecule has 0 saturated carbocycles. The van der Waals surface area contributed by atoms with Crippen molar-refractivity contribution in [3.63, 3.8) is 0 Å². The minimum absolute atomic E-state index is 0.150. The highest BCUT2D eigenvalue weighted by Crippen LogP contribution is 2.30. The first-order valence-electron chi connectivity index (χ1n) is 9.58. The molecule has 1 amide bonds. The largest absolute Gasteiger partial charge is 0.768 e. The Balaban J connectivity index is 1.41. The zero-order chi connectivity index (χ0) is 19.7. The maximum absolute atomic E-state index is 13.0. The second-order valence-electron chi connectivity index (χ2n) is 7.36. The van der Waals surface area contributed by atoms with E-state index in [0.717, 1.165) is 42.4 Å². The molecule has 0 aliphatic carbocycles. The summed E-state index contributed by atoms with van der Waals surface area (Å²) in [6.07, 6.45) is 3.77. The Bertz CT molecular complexity index is 1000. The number of fused-ring (bicyclic) bond motifs is 1. The Hall–Kier alpha value is -2.44. The SMILES string of the molecule is C[C@@H](C(=O)N1CCC(c2ccc(S(=O)[O-])cc2)CC1)n1ccc2ccccc21. The van der Waals surface area contributed by atoms with Gasteiger partial charge in [-0.25, -0.2) is 0 Å². The molecule has 0 spiro atoms. The van der Waals surface area contributed by atoms with Crippen LogP contribution in [0.3, 0.4) is 0 Å². The van der Waals surface area contributed by atoms with Gasteiger partial charge in [-0.3, -0.25) is 9.00 Å². The third kappa shape index (κ3) is 3.62. The van der Waals surface area contributed by atoms with Gasteiger partial charge in [-0.05, 0) is 72.0 Å². The van der Waals surface area contributed by atoms with E-state index in [1.807, 2.05) is 59.0 Å². The van der Waals surface area contributed by atoms with Crippen LogP contribution in [0.5, 0.6) is 0 Å². The topological polar surface area (TPSA) is 65.4 Å². The summed E-state index contributed by atoms with van der Waals surface area (Å²) in [5.41, 5.74) is 2.22. The number of carbonyl (C=O) groups excluding carboxylic acids is 1. The molecular weight excluding hydrogens is 372 g/mol. The van der Waals surface area contributed by atoms with E-state index in [0.29, 0.717) is 10.8 Å². The predicted octanol–water partition coefficient (Wildman–Crippen LogP) is 3.85. The molecule has 2 atom stereocenters. The van der Waals surface area contributed by atoms with E-state index >= 15 is 0 Å². The van der Waals surface area contributed by atoms with E-state index in [4.69, 9.17) is 0 Å². The van der Waals surface area contributed by atoms with Gasteiger partial charge in [0.2, 0.25) is 5.91 Å². The van der Waals surface area contributed by atoms with Crippen LogP contribution in [0.25, 0.3) is 10.9 Å². The van der Waals surface area contributed by atoms with Crippen molar-refractivity contribution in [2.45, 2.75) is 36.6 Å². The molecule has 1 saturated heterocycles. The molecule has 1 aliphatic heterocycles. The highest BCUT2D eigenvalue weighted by Gasteiger charge is 2.27. The first-order chi connectivity index (χ1) is 13.5. The van der Waals surface area contributed by atoms with Gasteiger partial charge in [0.25, 0.3) is 0 Å². The first kappa shape index (κ1) is 18.9. The van der Waals surface area contributed by atoms with Crippen LogP contribution in [0, 0.1) is 0 Å². The van der Waals surface area contributed by atoms with Crippen molar-refractivity contribution < 1.29 is 13.6 Å². The number of likely N-dealkylation sites (tertiary alicyclic amines) is 1. The van der Waals surface area contributed by atoms with Crippen molar-refractivity contribution in [3.8, 4) is 0 Å². The second kappa shape index (κ2) is 7.89. The molecule has 0 bridgehead atoms. The van der Waals surface area contributed by atoms with Crippen molar-refractivity contribution in [1.82, 2.24) is 9.47 Å². The minimum Gasteiger partial charge on any atom is -0.768 e. The smallest absolute Gasteiger partial charge is 0.245 e. The normalized spacial score (nSPS) is 17.6. The number of rotatable bonds is 4. The average molecular weight is 396 g/mol. The maximum atomic E-state index is 13.0. The summed E-state index contributed by atoms with van der Waals surface area (Å²) in [5.74, 6) is 0.512. The Morgan fingerprint density at radius 1 is 1.07 bits per heavy atom. The Morgan fingerprint density at radius 3 is 2.43 bits per heavy atom. The molecule has 4 rings (SSSR count). The lowest BCUT2D eigenvalue weighted by atomic mass is 9.89. The molecule has 2 aromatic carbocycles. The van der Waals surface area contributed by atoms with Crippen LogP contribution in [0.1, 0.15) is 37.3 Å². The van der Waals surface area contributed by atoms with Crippen LogP contribution in [0.2, 0.25) is 0 Å². The molecule has 3 aromatic rings. The Labute approximate surface area is 167 Å². The van der Waals surface area contributed by atoms with E-state index in [2.05, 4.69) is 6.07 Å². The number of piperidine rings is 1. The fourth-order valence-corrected chi connectivity index (χ4v) is 4.47. The predicted molar refractivity (Wildman–Crippen MR) is 109 cm³/mol. The number of hydrogen-bond acceptors (Lipinski definition) is 3. The number of aromatic nitrogens is 1. The number of benzene rings is 2. The molecule has 0 N–H and O–H groups in total. The number of para-hydroxylation sites is 1. The molecule has 1 aliphatic rings. The monoisotopic (exact) mass is 395 g/mol. The van der Waals surface area contributed by atoms with Gasteiger partial charge in [0.1, 0.15) is 6.04 Å². The third-order valence-corrected chi connectivity index (χ3v) is 6.41. The van der Waals surface area contributed by atoms with Crippen molar-refractivity contribution >= 4 is 27.9 Å². The van der Waals surface area contributed by atoms with Gasteiger partial charge in [-0.1, -0.05) is 30.3 Å². The molecule has 6 heteroatoms. The van der Waals surface area contributed by atoms with Crippen molar-refractivity contribution in [1.29, 1.82) is 0 Å². The van der Waals surface area contributed by atoms with Crippen molar-refractivity contribution in [2.24, 2.45) is 0 Å². The van der Waals surface area contributed by atoms with Gasteiger partial charge >= 0.3 is 0 Å². The van der Waals surface area contributed by atoms with Gasteiger partial charge in [-0.2, -0.15) is 0 Å². The fourth-order valence-electron chi connectivity index (χ4n) is 4.11. The second-order valence-corrected chi connectivity index (χ2v) is 8.30. The number of carbonyl (C=O) groups is 1. The van der Waals surface area contributed by atoms with E-state index in [1.165, 1.54) is 0 Å². The maximum Gasteiger partial charge on any atom is 0.245 e. The Kier molecular flexibility index (Phi) is 5.33. The molecule has 1 unspecified atom stereocenters. The molecule has 1 fully saturated rings. The van der Waals surface area contributed by atoms with Crippen LogP contribution < -0.4 is 0 Å². The lowest BCUT2D eigenvalue weighted by Crippen LogP contribution is -2.41. The summed E-state index contributed by atoms with van der Waals surface area (Å²) in [4.78, 5) is 15.3. The average Bonchev–Trinajstić information content (AvgIpc) is 3.17.